The van der Waals surface area contributed by atoms with Crippen molar-refractivity contribution in [1.29, 1.82) is 0 Å². The lowest BCUT2D eigenvalue weighted by molar-refractivity contribution is -0.396. The molecule has 16 nitrogen and oxygen atoms in total. The molecule has 0 aliphatic carbocycles. The van der Waals surface area contributed by atoms with Crippen molar-refractivity contribution in [2.24, 2.45) is 15.1 Å². The monoisotopic (exact) mass is 658 g/mol. The maximum Gasteiger partial charge on any atom is 0.291 e. The molecule has 0 radical (unpaired) electrons. The summed E-state index contributed by atoms with van der Waals surface area (Å²) >= 11 is 5.30. The van der Waals surface area contributed by atoms with Crippen LogP contribution in [0.25, 0.3) is 0 Å². The lowest BCUT2D eigenvalue weighted by Gasteiger charge is -1.98. The van der Waals surface area contributed by atoms with Gasteiger partial charge in [0.1, 0.15) is 9.79 Å². The summed E-state index contributed by atoms with van der Waals surface area (Å²) in [6, 6.07) is 13.7. The van der Waals surface area contributed by atoms with Gasteiger partial charge in [0, 0.05) is 69.7 Å². The van der Waals surface area contributed by atoms with E-state index >= 15 is 0 Å². The molecule has 0 aliphatic heterocycles. The van der Waals surface area contributed by atoms with Crippen molar-refractivity contribution >= 4 is 93.3 Å². The normalized spacial score (nSPS) is 10.2. The van der Waals surface area contributed by atoms with Gasteiger partial charge in [-0.15, -0.1) is 15.1 Å². The molecule has 0 unspecified atom stereocenters. The van der Waals surface area contributed by atoms with E-state index in [9.17, 15) is 40.5 Å². The molecule has 0 aliphatic rings. The van der Waals surface area contributed by atoms with Gasteiger partial charge in [0.25, 0.3) is 22.7 Å². The van der Waals surface area contributed by atoms with Crippen LogP contribution in [-0.2, 0) is 22.7 Å². The van der Waals surface area contributed by atoms with E-state index in [4.69, 9.17) is 0 Å². The lowest BCUT2D eigenvalue weighted by atomic mass is 10.3. The molecule has 22 heteroatoms. The minimum atomic E-state index is -0.723. The van der Waals surface area contributed by atoms with Crippen LogP contribution >= 0.6 is 47.8 Å². The van der Waals surface area contributed by atoms with Crippen LogP contribution in [0.5, 0.6) is 0 Å². The van der Waals surface area contributed by atoms with Gasteiger partial charge in [0.05, 0.1) is 54.5 Å². The molecular formula is C18H10N8O8S6. The topological polar surface area (TPSA) is 222 Å². The van der Waals surface area contributed by atoms with Crippen LogP contribution in [0.15, 0.2) is 95.3 Å². The Kier molecular flexibility index (Phi) is 11.7. The average molecular weight is 659 g/mol. The molecule has 3 rings (SSSR count). The number of benzene rings is 3. The first-order valence-electron chi connectivity index (χ1n) is 9.93. The fourth-order valence-corrected chi connectivity index (χ4v) is 6.52. The minimum absolute atomic E-state index is 0.132. The lowest BCUT2D eigenvalue weighted by Crippen LogP contribution is -1.93. The largest absolute Gasteiger partial charge is 0.291 e. The Morgan fingerprint density at radius 1 is 0.500 bits per heavy atom. The molecule has 0 fully saturated rings. The molecule has 0 aromatic heterocycles. The van der Waals surface area contributed by atoms with Crippen LogP contribution in [0.4, 0.5) is 22.7 Å². The van der Waals surface area contributed by atoms with Gasteiger partial charge in [0.2, 0.25) is 0 Å². The Labute approximate surface area is 247 Å². The Hall–Kier alpha value is -3.70. The zero-order valence-corrected chi connectivity index (χ0v) is 24.0. The minimum Gasteiger partial charge on any atom is -0.258 e. The second-order valence-electron chi connectivity index (χ2n) is 6.63. The van der Waals surface area contributed by atoms with Crippen LogP contribution in [0, 0.1) is 40.5 Å². The molecule has 0 saturated heterocycles. The fourth-order valence-electron chi connectivity index (χ4n) is 2.53. The van der Waals surface area contributed by atoms with Crippen molar-refractivity contribution in [2.45, 2.75) is 19.6 Å². The predicted molar refractivity (Wildman–Crippen MR) is 154 cm³/mol. The molecule has 0 bridgehead atoms. The summed E-state index contributed by atoms with van der Waals surface area (Å²) in [6.45, 7) is 0. The predicted octanol–water partition coefficient (Wildman–Crippen LogP) is 7.65. The van der Waals surface area contributed by atoms with E-state index in [2.05, 4.69) is 15.1 Å². The van der Waals surface area contributed by atoms with E-state index in [-0.39, 0.29) is 9.79 Å². The van der Waals surface area contributed by atoms with Crippen molar-refractivity contribution in [3.8, 4) is 0 Å². The third kappa shape index (κ3) is 9.20. The number of rotatable bonds is 12. The van der Waals surface area contributed by atoms with E-state index in [0.717, 1.165) is 105 Å². The Balaban J connectivity index is 1.58. The van der Waals surface area contributed by atoms with E-state index in [1.807, 2.05) is 0 Å². The molecule has 0 amide bonds. The van der Waals surface area contributed by atoms with Crippen molar-refractivity contribution in [3.05, 3.63) is 101 Å². The van der Waals surface area contributed by atoms with Crippen LogP contribution in [0.1, 0.15) is 0 Å². The maximum atomic E-state index is 11.2. The van der Waals surface area contributed by atoms with Gasteiger partial charge in [-0.3, -0.25) is 40.5 Å². The molecule has 40 heavy (non-hydrogen) atoms. The van der Waals surface area contributed by atoms with Gasteiger partial charge < -0.3 is 0 Å². The van der Waals surface area contributed by atoms with Crippen molar-refractivity contribution < 1.29 is 19.7 Å². The third-order valence-electron chi connectivity index (χ3n) is 4.20. The first-order chi connectivity index (χ1) is 19.2. The highest BCUT2D eigenvalue weighted by molar-refractivity contribution is 8.04. The van der Waals surface area contributed by atoms with Gasteiger partial charge in [-0.1, -0.05) is 6.07 Å². The smallest absolute Gasteiger partial charge is 0.258 e. The standard InChI is InChI=1S/C18H10N8O8S6/c27-23(28)11-4-6-17(15(8-11)25(31)32)37-21-39-19-35-13-2-1-3-14(10-13)36-20-40-22-38-18-7-5-12(24(29)30)9-16(18)26(33)34/h1-10H. The van der Waals surface area contributed by atoms with E-state index < -0.39 is 42.4 Å². The van der Waals surface area contributed by atoms with Gasteiger partial charge >= 0.3 is 0 Å². The molecular weight excluding hydrogens is 649 g/mol. The van der Waals surface area contributed by atoms with Crippen molar-refractivity contribution in [2.75, 3.05) is 0 Å². The average Bonchev–Trinajstić information content (AvgIpc) is 2.92. The van der Waals surface area contributed by atoms with Gasteiger partial charge in [0.15, 0.2) is 0 Å². The van der Waals surface area contributed by atoms with Gasteiger partial charge in [-0.2, -0.15) is 0 Å². The maximum absolute atomic E-state index is 11.2. The Morgan fingerprint density at radius 3 is 1.27 bits per heavy atom. The van der Waals surface area contributed by atoms with Gasteiger partial charge in [-0.25, -0.2) is 0 Å². The molecule has 3 aromatic rings. The molecule has 0 heterocycles. The summed E-state index contributed by atoms with van der Waals surface area (Å²) in [4.78, 5) is 42.9. The molecule has 0 spiro atoms. The third-order valence-corrected chi connectivity index (χ3v) is 8.47. The second-order valence-corrected chi connectivity index (χ2v) is 11.9. The zero-order chi connectivity index (χ0) is 29.1. The number of nitrogens with zero attached hydrogens (tertiary/aromatic N) is 8. The quantitative estimate of drug-likeness (QED) is 0.104. The van der Waals surface area contributed by atoms with Crippen LogP contribution in [0.3, 0.4) is 0 Å². The van der Waals surface area contributed by atoms with Crippen LogP contribution in [-0.4, -0.2) is 19.7 Å². The first-order valence-corrected chi connectivity index (χ1v) is 14.5. The molecule has 3 aromatic carbocycles. The Bertz CT molecular complexity index is 1510. The van der Waals surface area contributed by atoms with Crippen molar-refractivity contribution in [1.82, 2.24) is 0 Å². The first kappa shape index (κ1) is 30.8. The zero-order valence-electron chi connectivity index (χ0n) is 19.1. The molecule has 0 saturated carbocycles. The number of hydrogen-bond acceptors (Lipinski definition) is 16. The number of non-ortho nitro benzene ring substituents is 2. The summed E-state index contributed by atoms with van der Waals surface area (Å²) < 4.78 is 16.2. The summed E-state index contributed by atoms with van der Waals surface area (Å²) in [5.74, 6) is 0. The van der Waals surface area contributed by atoms with Crippen LogP contribution in [0.2, 0.25) is 0 Å². The highest BCUT2D eigenvalue weighted by Crippen LogP contribution is 2.34. The second kappa shape index (κ2) is 15.2. The van der Waals surface area contributed by atoms with Gasteiger partial charge in [-0.05, 0) is 30.3 Å². The highest BCUT2D eigenvalue weighted by Gasteiger charge is 2.20. The van der Waals surface area contributed by atoms with E-state index in [1.54, 1.807) is 24.3 Å². The highest BCUT2D eigenvalue weighted by atomic mass is 32.2. The van der Waals surface area contributed by atoms with E-state index in [0.29, 0.717) is 0 Å². The summed E-state index contributed by atoms with van der Waals surface area (Å²) in [6.07, 6.45) is 0. The van der Waals surface area contributed by atoms with Crippen molar-refractivity contribution in [3.63, 3.8) is 0 Å². The molecule has 0 N–H and O–H groups in total. The SMILES string of the molecule is O=[N+]([O-])c1ccc(SN=S=NSc2cccc(SN=S=NSc3ccc([N+](=O)[O-])cc3[N+](=O)[O-])c2)c([N+](=O)[O-])c1. The fraction of sp³-hybridized carbons (Fsp3) is 0. The van der Waals surface area contributed by atoms with Crippen LogP contribution < -0.4 is 0 Å². The summed E-state index contributed by atoms with van der Waals surface area (Å²) in [5.41, 5.74) is -1.65. The number of nitro benzene ring substituents is 4. The Morgan fingerprint density at radius 2 is 0.900 bits per heavy atom. The molecule has 206 valence electrons. The summed E-state index contributed by atoms with van der Waals surface area (Å²) in [5, 5.41) is 44.0. The number of nitro groups is 4. The summed E-state index contributed by atoms with van der Waals surface area (Å²) in [7, 11) is 0. The molecule has 0 atom stereocenters. The van der Waals surface area contributed by atoms with E-state index in [1.165, 1.54) is 12.1 Å². The number of hydrogen-bond donors (Lipinski definition) is 0.